The normalized spacial score (nSPS) is 10.8. The van der Waals surface area contributed by atoms with Gasteiger partial charge in [-0.25, -0.2) is 0 Å². The zero-order chi connectivity index (χ0) is 15.9. The van der Waals surface area contributed by atoms with Crippen molar-refractivity contribution in [2.24, 2.45) is 0 Å². The number of hydrogen-bond acceptors (Lipinski definition) is 3. The highest BCUT2D eigenvalue weighted by molar-refractivity contribution is 6.31. The Bertz CT molecular complexity index is 712. The van der Waals surface area contributed by atoms with Crippen molar-refractivity contribution in [2.75, 3.05) is 19.8 Å². The Labute approximate surface area is 133 Å². The number of amides is 1. The molecule has 5 nitrogen and oxygen atoms in total. The van der Waals surface area contributed by atoms with Crippen LogP contribution in [0.4, 0.5) is 0 Å². The third kappa shape index (κ3) is 4.32. The molecular formula is C16H19ClN2O3. The van der Waals surface area contributed by atoms with Gasteiger partial charge >= 0.3 is 0 Å². The van der Waals surface area contributed by atoms with E-state index in [1.54, 1.807) is 29.0 Å². The van der Waals surface area contributed by atoms with Crippen molar-refractivity contribution < 1.29 is 9.53 Å². The first kappa shape index (κ1) is 16.5. The van der Waals surface area contributed by atoms with Gasteiger partial charge in [0.1, 0.15) is 6.54 Å². The third-order valence-electron chi connectivity index (χ3n) is 3.25. The number of rotatable bonds is 7. The first-order valence-electron chi connectivity index (χ1n) is 7.25. The summed E-state index contributed by atoms with van der Waals surface area (Å²) in [7, 11) is 0. The Balaban J connectivity index is 2.04. The Hall–Kier alpha value is -1.85. The quantitative estimate of drug-likeness (QED) is 0.795. The van der Waals surface area contributed by atoms with Crippen LogP contribution in [-0.4, -0.2) is 30.2 Å². The summed E-state index contributed by atoms with van der Waals surface area (Å²) in [5.74, 6) is -0.101. The third-order valence-corrected chi connectivity index (χ3v) is 3.48. The molecule has 0 atom stereocenters. The van der Waals surface area contributed by atoms with Crippen LogP contribution in [0.25, 0.3) is 10.9 Å². The van der Waals surface area contributed by atoms with Crippen LogP contribution >= 0.6 is 11.6 Å². The Morgan fingerprint density at radius 1 is 1.36 bits per heavy atom. The monoisotopic (exact) mass is 322 g/mol. The summed E-state index contributed by atoms with van der Waals surface area (Å²) < 4.78 is 6.95. The maximum atomic E-state index is 12.0. The number of carbonyl (C=O) groups is 1. The average Bonchev–Trinajstić information content (AvgIpc) is 2.50. The van der Waals surface area contributed by atoms with Crippen LogP contribution in [0.2, 0.25) is 5.02 Å². The van der Waals surface area contributed by atoms with Gasteiger partial charge in [-0.05, 0) is 31.5 Å². The molecule has 6 heteroatoms. The maximum Gasteiger partial charge on any atom is 0.239 e. The van der Waals surface area contributed by atoms with E-state index in [1.807, 2.05) is 6.92 Å². The van der Waals surface area contributed by atoms with E-state index in [-0.39, 0.29) is 17.9 Å². The summed E-state index contributed by atoms with van der Waals surface area (Å²) in [6, 6.07) is 6.53. The predicted molar refractivity (Wildman–Crippen MR) is 87.3 cm³/mol. The van der Waals surface area contributed by atoms with Crippen LogP contribution in [0.15, 0.2) is 35.3 Å². The van der Waals surface area contributed by atoms with E-state index in [0.29, 0.717) is 35.7 Å². The molecule has 2 rings (SSSR count). The molecule has 0 saturated heterocycles. The van der Waals surface area contributed by atoms with Crippen molar-refractivity contribution in [3.63, 3.8) is 0 Å². The number of aromatic nitrogens is 1. The number of nitrogens with one attached hydrogen (secondary N) is 1. The maximum absolute atomic E-state index is 12.0. The molecule has 118 valence electrons. The van der Waals surface area contributed by atoms with Gasteiger partial charge in [-0.3, -0.25) is 9.59 Å². The van der Waals surface area contributed by atoms with E-state index >= 15 is 0 Å². The van der Waals surface area contributed by atoms with Gasteiger partial charge in [-0.1, -0.05) is 11.6 Å². The molecule has 1 heterocycles. The second kappa shape index (κ2) is 7.96. The second-order valence-electron chi connectivity index (χ2n) is 4.87. The molecular weight excluding hydrogens is 304 g/mol. The molecule has 0 aliphatic carbocycles. The molecule has 2 aromatic rings. The minimum Gasteiger partial charge on any atom is -0.382 e. The van der Waals surface area contributed by atoms with Crippen LogP contribution in [0.3, 0.4) is 0 Å². The Kier molecular flexibility index (Phi) is 5.98. The Morgan fingerprint density at radius 3 is 2.95 bits per heavy atom. The molecule has 0 radical (unpaired) electrons. The van der Waals surface area contributed by atoms with Gasteiger partial charge in [-0.2, -0.15) is 0 Å². The van der Waals surface area contributed by atoms with Crippen molar-refractivity contribution in [1.82, 2.24) is 9.88 Å². The van der Waals surface area contributed by atoms with Gasteiger partial charge in [0.2, 0.25) is 5.91 Å². The fourth-order valence-electron chi connectivity index (χ4n) is 2.18. The second-order valence-corrected chi connectivity index (χ2v) is 5.31. The van der Waals surface area contributed by atoms with E-state index < -0.39 is 0 Å². The minimum atomic E-state index is -0.106. The van der Waals surface area contributed by atoms with E-state index in [4.69, 9.17) is 16.3 Å². The lowest BCUT2D eigenvalue weighted by atomic mass is 10.2. The molecule has 0 aliphatic rings. The van der Waals surface area contributed by atoms with Crippen LogP contribution < -0.4 is 10.7 Å². The summed E-state index contributed by atoms with van der Waals surface area (Å²) in [5.41, 5.74) is 0.590. The fraction of sp³-hybridized carbons (Fsp3) is 0.375. The zero-order valence-corrected chi connectivity index (χ0v) is 13.2. The van der Waals surface area contributed by atoms with Crippen LogP contribution in [-0.2, 0) is 16.1 Å². The highest BCUT2D eigenvalue weighted by Gasteiger charge is 2.07. The number of halogens is 1. The number of fused-ring (bicyclic) bond motifs is 1. The van der Waals surface area contributed by atoms with E-state index in [0.717, 1.165) is 6.42 Å². The lowest BCUT2D eigenvalue weighted by Gasteiger charge is -2.11. The van der Waals surface area contributed by atoms with Crippen molar-refractivity contribution in [3.8, 4) is 0 Å². The molecule has 0 bridgehead atoms. The van der Waals surface area contributed by atoms with E-state index in [9.17, 15) is 9.59 Å². The van der Waals surface area contributed by atoms with Crippen LogP contribution in [0.1, 0.15) is 13.3 Å². The number of hydrogen-bond donors (Lipinski definition) is 1. The minimum absolute atomic E-state index is 0.101. The highest BCUT2D eigenvalue weighted by atomic mass is 35.5. The van der Waals surface area contributed by atoms with Crippen molar-refractivity contribution in [2.45, 2.75) is 19.9 Å². The number of ether oxygens (including phenoxy) is 1. The first-order chi connectivity index (χ1) is 10.6. The molecule has 0 aliphatic heterocycles. The van der Waals surface area contributed by atoms with Gasteiger partial charge in [-0.15, -0.1) is 0 Å². The Morgan fingerprint density at radius 2 is 2.18 bits per heavy atom. The molecule has 0 spiro atoms. The molecule has 0 unspecified atom stereocenters. The standard InChI is InChI=1S/C16H19ClN2O3/c1-2-22-9-3-7-18-16(21)11-19-8-6-15(20)13-10-12(17)4-5-14(13)19/h4-6,8,10H,2-3,7,9,11H2,1H3,(H,18,21). The lowest BCUT2D eigenvalue weighted by Crippen LogP contribution is -2.29. The van der Waals surface area contributed by atoms with Crippen LogP contribution in [0.5, 0.6) is 0 Å². The molecule has 1 aromatic carbocycles. The van der Waals surface area contributed by atoms with Gasteiger partial charge in [0.25, 0.3) is 0 Å². The number of pyridine rings is 1. The van der Waals surface area contributed by atoms with Crippen molar-refractivity contribution in [3.05, 3.63) is 45.7 Å². The van der Waals surface area contributed by atoms with Gasteiger partial charge in [0.15, 0.2) is 5.43 Å². The van der Waals surface area contributed by atoms with E-state index in [1.165, 1.54) is 6.07 Å². The molecule has 0 fully saturated rings. The average molecular weight is 323 g/mol. The summed E-state index contributed by atoms with van der Waals surface area (Å²) in [6.07, 6.45) is 2.40. The van der Waals surface area contributed by atoms with Gasteiger partial charge in [0, 0.05) is 42.4 Å². The van der Waals surface area contributed by atoms with Gasteiger partial charge < -0.3 is 14.6 Å². The zero-order valence-electron chi connectivity index (χ0n) is 12.5. The molecule has 1 N–H and O–H groups in total. The van der Waals surface area contributed by atoms with Crippen molar-refractivity contribution in [1.29, 1.82) is 0 Å². The van der Waals surface area contributed by atoms with Crippen LogP contribution in [0, 0.1) is 0 Å². The summed E-state index contributed by atoms with van der Waals surface area (Å²) >= 11 is 5.92. The molecule has 1 aromatic heterocycles. The number of carbonyl (C=O) groups excluding carboxylic acids is 1. The highest BCUT2D eigenvalue weighted by Crippen LogP contribution is 2.16. The fourth-order valence-corrected chi connectivity index (χ4v) is 2.35. The first-order valence-corrected chi connectivity index (χ1v) is 7.62. The number of nitrogens with zero attached hydrogens (tertiary/aromatic N) is 1. The SMILES string of the molecule is CCOCCCNC(=O)Cn1ccc(=O)c2cc(Cl)ccc21. The molecule has 0 saturated carbocycles. The lowest BCUT2D eigenvalue weighted by molar-refractivity contribution is -0.121. The molecule has 1 amide bonds. The summed E-state index contributed by atoms with van der Waals surface area (Å²) in [6.45, 7) is 3.98. The van der Waals surface area contributed by atoms with E-state index in [2.05, 4.69) is 5.32 Å². The van der Waals surface area contributed by atoms with Gasteiger partial charge in [0.05, 0.1) is 5.52 Å². The predicted octanol–water partition coefficient (Wildman–Crippen LogP) is 2.20. The largest absolute Gasteiger partial charge is 0.382 e. The summed E-state index contributed by atoms with van der Waals surface area (Å²) in [4.78, 5) is 23.8. The number of benzene rings is 1. The summed E-state index contributed by atoms with van der Waals surface area (Å²) in [5, 5.41) is 3.85. The molecule has 22 heavy (non-hydrogen) atoms. The smallest absolute Gasteiger partial charge is 0.239 e. The topological polar surface area (TPSA) is 60.3 Å². The van der Waals surface area contributed by atoms with Crippen molar-refractivity contribution >= 4 is 28.4 Å².